The second-order valence-electron chi connectivity index (χ2n) is 12.6. The Morgan fingerprint density at radius 1 is 1.03 bits per heavy atom. The molecule has 0 amide bonds. The van der Waals surface area contributed by atoms with Gasteiger partial charge in [-0.05, 0) is 106 Å². The van der Waals surface area contributed by atoms with Gasteiger partial charge in [-0.25, -0.2) is 0 Å². The maximum absolute atomic E-state index is 10.3. The van der Waals surface area contributed by atoms with E-state index in [1.807, 2.05) is 13.8 Å². The standard InChI is InChI=1S/C28H46O2/c1-18(7-8-19(2)26(3,4)30)23-11-12-24-22-10-9-20-17-21(29)13-15-27(20,5)25(22)14-16-28(23,24)6/h7-9,18-19,21-25,29-30H,10-17H2,1-6H3/t18-,19+,21+,22+,23-,24+,25+,27+,28-/m1/s1. The van der Waals surface area contributed by atoms with Crippen LogP contribution in [0, 0.1) is 46.3 Å². The van der Waals surface area contributed by atoms with Crippen molar-refractivity contribution in [2.45, 2.75) is 105 Å². The van der Waals surface area contributed by atoms with Crippen molar-refractivity contribution in [3.8, 4) is 0 Å². The fourth-order valence-electron chi connectivity index (χ4n) is 8.26. The summed E-state index contributed by atoms with van der Waals surface area (Å²) in [6.45, 7) is 13.5. The maximum atomic E-state index is 10.3. The molecule has 2 N–H and O–H groups in total. The Hall–Kier alpha value is -0.600. The molecule has 4 rings (SSSR count). The lowest BCUT2D eigenvalue weighted by molar-refractivity contribution is -0.0541. The van der Waals surface area contributed by atoms with E-state index in [1.165, 1.54) is 38.5 Å². The van der Waals surface area contributed by atoms with E-state index in [0.717, 1.165) is 36.5 Å². The highest BCUT2D eigenvalue weighted by molar-refractivity contribution is 5.25. The monoisotopic (exact) mass is 414 g/mol. The zero-order valence-electron chi connectivity index (χ0n) is 20.3. The molecule has 0 saturated heterocycles. The second-order valence-corrected chi connectivity index (χ2v) is 12.6. The summed E-state index contributed by atoms with van der Waals surface area (Å²) in [5.41, 5.74) is 1.73. The molecule has 4 aliphatic rings. The third-order valence-electron chi connectivity index (χ3n) is 10.6. The first kappa shape index (κ1) is 22.6. The molecule has 0 aromatic carbocycles. The molecule has 0 aromatic heterocycles. The minimum Gasteiger partial charge on any atom is -0.393 e. The van der Waals surface area contributed by atoms with Gasteiger partial charge in [-0.1, -0.05) is 51.5 Å². The Kier molecular flexibility index (Phi) is 5.85. The number of rotatable bonds is 4. The SMILES string of the molecule is C[C@H](C=C[C@H](C)C(C)(C)O)[C@H]1CC[C@H]2[C@@H]3CC=C4C[C@@H](O)CC[C@]4(C)[C@H]3CC[C@]12C. The zero-order chi connectivity index (χ0) is 21.9. The van der Waals surface area contributed by atoms with Crippen LogP contribution >= 0.6 is 0 Å². The van der Waals surface area contributed by atoms with Crippen LogP contribution in [0.5, 0.6) is 0 Å². The van der Waals surface area contributed by atoms with Crippen molar-refractivity contribution in [2.24, 2.45) is 46.3 Å². The topological polar surface area (TPSA) is 40.5 Å². The van der Waals surface area contributed by atoms with Gasteiger partial charge in [0.25, 0.3) is 0 Å². The van der Waals surface area contributed by atoms with Crippen molar-refractivity contribution in [3.63, 3.8) is 0 Å². The van der Waals surface area contributed by atoms with Gasteiger partial charge in [0, 0.05) is 5.92 Å². The number of hydrogen-bond donors (Lipinski definition) is 2. The van der Waals surface area contributed by atoms with Crippen LogP contribution in [0.2, 0.25) is 0 Å². The summed E-state index contributed by atoms with van der Waals surface area (Å²) in [5.74, 6) is 4.04. The van der Waals surface area contributed by atoms with E-state index in [2.05, 4.69) is 45.9 Å². The van der Waals surface area contributed by atoms with Gasteiger partial charge < -0.3 is 10.2 Å². The third-order valence-corrected chi connectivity index (χ3v) is 10.6. The fraction of sp³-hybridized carbons (Fsp3) is 0.857. The molecule has 0 aromatic rings. The zero-order valence-corrected chi connectivity index (χ0v) is 20.3. The minimum absolute atomic E-state index is 0.107. The molecule has 4 aliphatic carbocycles. The van der Waals surface area contributed by atoms with Crippen LogP contribution in [0.25, 0.3) is 0 Å². The molecular formula is C28H46O2. The van der Waals surface area contributed by atoms with Gasteiger partial charge in [0.1, 0.15) is 0 Å². The summed E-state index contributed by atoms with van der Waals surface area (Å²) < 4.78 is 0. The number of fused-ring (bicyclic) bond motifs is 5. The number of allylic oxidation sites excluding steroid dienone is 2. The molecule has 9 atom stereocenters. The highest BCUT2D eigenvalue weighted by atomic mass is 16.3. The lowest BCUT2D eigenvalue weighted by Crippen LogP contribution is -2.50. The van der Waals surface area contributed by atoms with Crippen LogP contribution in [0.3, 0.4) is 0 Å². The molecular weight excluding hydrogens is 368 g/mol. The Balaban J connectivity index is 1.52. The largest absolute Gasteiger partial charge is 0.393 e. The van der Waals surface area contributed by atoms with Crippen LogP contribution in [-0.2, 0) is 0 Å². The van der Waals surface area contributed by atoms with Crippen molar-refractivity contribution in [3.05, 3.63) is 23.8 Å². The highest BCUT2D eigenvalue weighted by Gasteiger charge is 2.58. The highest BCUT2D eigenvalue weighted by Crippen LogP contribution is 2.67. The van der Waals surface area contributed by atoms with E-state index in [-0.39, 0.29) is 12.0 Å². The quantitative estimate of drug-likeness (QED) is 0.514. The molecule has 0 bridgehead atoms. The molecule has 0 aliphatic heterocycles. The van der Waals surface area contributed by atoms with Crippen molar-refractivity contribution >= 4 is 0 Å². The maximum Gasteiger partial charge on any atom is 0.0651 e. The van der Waals surface area contributed by atoms with E-state index in [9.17, 15) is 10.2 Å². The summed E-state index contributed by atoms with van der Waals surface area (Å²) in [6, 6.07) is 0. The fourth-order valence-corrected chi connectivity index (χ4v) is 8.26. The van der Waals surface area contributed by atoms with Gasteiger partial charge in [-0.15, -0.1) is 0 Å². The van der Waals surface area contributed by atoms with Crippen LogP contribution in [0.4, 0.5) is 0 Å². The van der Waals surface area contributed by atoms with E-state index in [4.69, 9.17) is 0 Å². The summed E-state index contributed by atoms with van der Waals surface area (Å²) in [7, 11) is 0. The summed E-state index contributed by atoms with van der Waals surface area (Å²) >= 11 is 0. The van der Waals surface area contributed by atoms with Gasteiger partial charge >= 0.3 is 0 Å². The van der Waals surface area contributed by atoms with Gasteiger partial charge in [0.05, 0.1) is 11.7 Å². The Morgan fingerprint density at radius 2 is 1.77 bits per heavy atom. The molecule has 2 heteroatoms. The number of aliphatic hydroxyl groups excluding tert-OH is 1. The smallest absolute Gasteiger partial charge is 0.0651 e. The summed E-state index contributed by atoms with van der Waals surface area (Å²) in [4.78, 5) is 0. The Labute approximate surface area is 185 Å². The molecule has 30 heavy (non-hydrogen) atoms. The minimum atomic E-state index is -0.647. The first-order chi connectivity index (χ1) is 14.0. The number of hydrogen-bond acceptors (Lipinski definition) is 2. The first-order valence-corrected chi connectivity index (χ1v) is 12.7. The molecule has 0 heterocycles. The van der Waals surface area contributed by atoms with Gasteiger partial charge in [-0.3, -0.25) is 0 Å². The predicted octanol–water partition coefficient (Wildman–Crippen LogP) is 6.53. The molecule has 3 fully saturated rings. The first-order valence-electron chi connectivity index (χ1n) is 12.7. The molecule has 0 unspecified atom stereocenters. The predicted molar refractivity (Wildman–Crippen MR) is 125 cm³/mol. The molecule has 3 saturated carbocycles. The van der Waals surface area contributed by atoms with Crippen molar-refractivity contribution in [1.29, 1.82) is 0 Å². The van der Waals surface area contributed by atoms with Crippen molar-refractivity contribution in [1.82, 2.24) is 0 Å². The third kappa shape index (κ3) is 3.64. The van der Waals surface area contributed by atoms with Gasteiger partial charge in [0.15, 0.2) is 0 Å². The molecule has 170 valence electrons. The summed E-state index contributed by atoms with van der Waals surface area (Å²) in [6.07, 6.45) is 16.9. The molecule has 0 spiro atoms. The van der Waals surface area contributed by atoms with Gasteiger partial charge in [0.2, 0.25) is 0 Å². The van der Waals surface area contributed by atoms with E-state index in [0.29, 0.717) is 16.7 Å². The van der Waals surface area contributed by atoms with Crippen molar-refractivity contribution < 1.29 is 10.2 Å². The van der Waals surface area contributed by atoms with E-state index < -0.39 is 5.60 Å². The number of aliphatic hydroxyl groups is 2. The molecule has 2 nitrogen and oxygen atoms in total. The molecule has 0 radical (unpaired) electrons. The second kappa shape index (κ2) is 7.77. The van der Waals surface area contributed by atoms with Crippen LogP contribution in [-0.4, -0.2) is 21.9 Å². The van der Waals surface area contributed by atoms with E-state index in [1.54, 1.807) is 5.57 Å². The lowest BCUT2D eigenvalue weighted by atomic mass is 9.47. The van der Waals surface area contributed by atoms with E-state index >= 15 is 0 Å². The average molecular weight is 415 g/mol. The Bertz CT molecular complexity index is 700. The van der Waals surface area contributed by atoms with Crippen LogP contribution < -0.4 is 0 Å². The summed E-state index contributed by atoms with van der Waals surface area (Å²) in [5, 5.41) is 20.5. The van der Waals surface area contributed by atoms with Crippen LogP contribution in [0.15, 0.2) is 23.8 Å². The van der Waals surface area contributed by atoms with Gasteiger partial charge in [-0.2, -0.15) is 0 Å². The van der Waals surface area contributed by atoms with Crippen molar-refractivity contribution in [2.75, 3.05) is 0 Å². The normalized spacial score (nSPS) is 46.0. The Morgan fingerprint density at radius 3 is 2.47 bits per heavy atom. The van der Waals surface area contributed by atoms with Crippen LogP contribution in [0.1, 0.15) is 92.9 Å². The average Bonchev–Trinajstić information content (AvgIpc) is 3.03. The lowest BCUT2D eigenvalue weighted by Gasteiger charge is -2.58.